The minimum Gasteiger partial charge on any atom is -0.371 e. The van der Waals surface area contributed by atoms with E-state index in [-0.39, 0.29) is 10.9 Å². The molecule has 1 heterocycles. The fraction of sp³-hybridized carbons (Fsp3) is 0.345. The fourth-order valence-electron chi connectivity index (χ4n) is 4.66. The van der Waals surface area contributed by atoms with Crippen LogP contribution in [0.5, 0.6) is 0 Å². The van der Waals surface area contributed by atoms with Gasteiger partial charge in [-0.25, -0.2) is 12.8 Å². The van der Waals surface area contributed by atoms with Gasteiger partial charge in [-0.2, -0.15) is 0 Å². The standard InChI is InChI=1S/C29H34FN3O3S/c1-21-6-12-27(13-7-21)33(37(35,36)28-16-10-25(30)11-17-28)20-29(34)31-23(3)24-8-14-26(15-9-24)32-18-4-5-22(2)19-32/h6-17,22-23H,4-5,18-20H2,1-3H3,(H,31,34). The van der Waals surface area contributed by atoms with Crippen LogP contribution in [0.4, 0.5) is 15.8 Å². The van der Waals surface area contributed by atoms with E-state index >= 15 is 0 Å². The second-order valence-corrected chi connectivity index (χ2v) is 11.7. The van der Waals surface area contributed by atoms with Crippen molar-refractivity contribution in [1.82, 2.24) is 5.32 Å². The summed E-state index contributed by atoms with van der Waals surface area (Å²) < 4.78 is 41.4. The first-order chi connectivity index (χ1) is 17.6. The van der Waals surface area contributed by atoms with Crippen LogP contribution >= 0.6 is 0 Å². The SMILES string of the molecule is Cc1ccc(N(CC(=O)NC(C)c2ccc(N3CCCC(C)C3)cc2)S(=O)(=O)c2ccc(F)cc2)cc1. The summed E-state index contributed by atoms with van der Waals surface area (Å²) in [6.07, 6.45) is 2.45. The molecule has 0 aromatic heterocycles. The molecule has 1 aliphatic heterocycles. The van der Waals surface area contributed by atoms with E-state index in [9.17, 15) is 17.6 Å². The topological polar surface area (TPSA) is 69.7 Å². The lowest BCUT2D eigenvalue weighted by atomic mass is 9.99. The van der Waals surface area contributed by atoms with Gasteiger partial charge >= 0.3 is 0 Å². The van der Waals surface area contributed by atoms with E-state index in [1.165, 1.54) is 30.7 Å². The van der Waals surface area contributed by atoms with Crippen molar-refractivity contribution in [3.05, 3.63) is 89.7 Å². The molecule has 6 nitrogen and oxygen atoms in total. The molecule has 2 atom stereocenters. The van der Waals surface area contributed by atoms with Crippen molar-refractivity contribution in [3.63, 3.8) is 0 Å². The Kier molecular flexibility index (Phi) is 8.17. The summed E-state index contributed by atoms with van der Waals surface area (Å²) in [7, 11) is -4.10. The summed E-state index contributed by atoms with van der Waals surface area (Å²) >= 11 is 0. The number of hydrogen-bond acceptors (Lipinski definition) is 4. The molecule has 0 saturated carbocycles. The van der Waals surface area contributed by atoms with Crippen LogP contribution in [0, 0.1) is 18.7 Å². The van der Waals surface area contributed by atoms with Gasteiger partial charge in [0.15, 0.2) is 0 Å². The number of hydrogen-bond donors (Lipinski definition) is 1. The number of benzene rings is 3. The minimum absolute atomic E-state index is 0.0852. The summed E-state index contributed by atoms with van der Waals surface area (Å²) in [4.78, 5) is 15.4. The Morgan fingerprint density at radius 3 is 2.32 bits per heavy atom. The Labute approximate surface area is 219 Å². The largest absolute Gasteiger partial charge is 0.371 e. The molecule has 3 aromatic carbocycles. The fourth-order valence-corrected chi connectivity index (χ4v) is 6.08. The van der Waals surface area contributed by atoms with E-state index in [2.05, 4.69) is 29.3 Å². The molecule has 8 heteroatoms. The predicted octanol–water partition coefficient (Wildman–Crippen LogP) is 5.44. The van der Waals surface area contributed by atoms with Gasteiger partial charge in [0.2, 0.25) is 5.91 Å². The zero-order valence-electron chi connectivity index (χ0n) is 21.5. The normalized spacial score (nSPS) is 16.8. The Balaban J connectivity index is 1.49. The molecule has 0 spiro atoms. The lowest BCUT2D eigenvalue weighted by molar-refractivity contribution is -0.120. The number of piperidine rings is 1. The highest BCUT2D eigenvalue weighted by atomic mass is 32.2. The molecule has 1 aliphatic rings. The van der Waals surface area contributed by atoms with E-state index in [4.69, 9.17) is 0 Å². The highest BCUT2D eigenvalue weighted by Crippen LogP contribution is 2.26. The van der Waals surface area contributed by atoms with Gasteiger partial charge in [0, 0.05) is 18.8 Å². The monoisotopic (exact) mass is 523 g/mol. The van der Waals surface area contributed by atoms with Gasteiger partial charge in [0.25, 0.3) is 10.0 Å². The molecule has 1 N–H and O–H groups in total. The number of nitrogens with one attached hydrogen (secondary N) is 1. The maximum Gasteiger partial charge on any atom is 0.264 e. The van der Waals surface area contributed by atoms with Crippen LogP contribution in [0.3, 0.4) is 0 Å². The molecule has 37 heavy (non-hydrogen) atoms. The van der Waals surface area contributed by atoms with Gasteiger partial charge in [-0.15, -0.1) is 0 Å². The van der Waals surface area contributed by atoms with E-state index in [1.54, 1.807) is 24.3 Å². The first kappa shape index (κ1) is 26.7. The zero-order valence-corrected chi connectivity index (χ0v) is 22.3. The Hall–Kier alpha value is -3.39. The van der Waals surface area contributed by atoms with Gasteiger partial charge in [-0.05, 0) is 86.7 Å². The van der Waals surface area contributed by atoms with Gasteiger partial charge in [0.05, 0.1) is 16.6 Å². The Bertz CT molecular complexity index is 1310. The van der Waals surface area contributed by atoms with Crippen LogP contribution in [0.25, 0.3) is 0 Å². The summed E-state index contributed by atoms with van der Waals surface area (Å²) in [6, 6.07) is 19.3. The molecule has 1 saturated heterocycles. The van der Waals surface area contributed by atoms with Gasteiger partial charge in [-0.3, -0.25) is 9.10 Å². The van der Waals surface area contributed by atoms with E-state index in [0.717, 1.165) is 40.7 Å². The van der Waals surface area contributed by atoms with Crippen LogP contribution in [0.2, 0.25) is 0 Å². The van der Waals surface area contributed by atoms with Crippen molar-refractivity contribution < 1.29 is 17.6 Å². The van der Waals surface area contributed by atoms with Crippen LogP contribution in [-0.2, 0) is 14.8 Å². The molecule has 2 unspecified atom stereocenters. The average molecular weight is 524 g/mol. The van der Waals surface area contributed by atoms with Crippen molar-refractivity contribution in [1.29, 1.82) is 0 Å². The smallest absolute Gasteiger partial charge is 0.264 e. The van der Waals surface area contributed by atoms with E-state index in [0.29, 0.717) is 11.6 Å². The summed E-state index contributed by atoms with van der Waals surface area (Å²) in [5.41, 5.74) is 3.43. The number of carbonyl (C=O) groups excluding carboxylic acids is 1. The first-order valence-electron chi connectivity index (χ1n) is 12.6. The lowest BCUT2D eigenvalue weighted by Gasteiger charge is -2.33. The molecular weight excluding hydrogens is 489 g/mol. The zero-order chi connectivity index (χ0) is 26.6. The number of sulfonamides is 1. The van der Waals surface area contributed by atoms with Crippen LogP contribution < -0.4 is 14.5 Å². The molecular formula is C29H34FN3O3S. The molecule has 1 fully saturated rings. The molecule has 4 rings (SSSR count). The average Bonchev–Trinajstić information content (AvgIpc) is 2.88. The number of aryl methyl sites for hydroxylation is 1. The van der Waals surface area contributed by atoms with E-state index < -0.39 is 28.3 Å². The van der Waals surface area contributed by atoms with Crippen molar-refractivity contribution in [2.45, 2.75) is 44.6 Å². The summed E-state index contributed by atoms with van der Waals surface area (Å²) in [6.45, 7) is 7.73. The van der Waals surface area contributed by atoms with Crippen LogP contribution in [-0.4, -0.2) is 34.0 Å². The molecule has 3 aromatic rings. The number of nitrogens with zero attached hydrogens (tertiary/aromatic N) is 2. The van der Waals surface area contributed by atoms with Crippen molar-refractivity contribution in [2.75, 3.05) is 28.8 Å². The number of rotatable bonds is 8. The van der Waals surface area contributed by atoms with Crippen molar-refractivity contribution in [2.24, 2.45) is 5.92 Å². The molecule has 0 radical (unpaired) electrons. The molecule has 0 aliphatic carbocycles. The number of halogens is 1. The van der Waals surface area contributed by atoms with Crippen molar-refractivity contribution in [3.8, 4) is 0 Å². The highest BCUT2D eigenvalue weighted by Gasteiger charge is 2.28. The number of anilines is 2. The predicted molar refractivity (Wildman–Crippen MR) is 146 cm³/mol. The van der Waals surface area contributed by atoms with Crippen LogP contribution in [0.15, 0.2) is 77.7 Å². The number of carbonyl (C=O) groups is 1. The van der Waals surface area contributed by atoms with Gasteiger partial charge in [-0.1, -0.05) is 36.8 Å². The third-order valence-electron chi connectivity index (χ3n) is 6.80. The highest BCUT2D eigenvalue weighted by molar-refractivity contribution is 7.92. The second-order valence-electron chi connectivity index (χ2n) is 9.88. The van der Waals surface area contributed by atoms with Crippen LogP contribution in [0.1, 0.15) is 43.9 Å². The summed E-state index contributed by atoms with van der Waals surface area (Å²) in [5, 5.41) is 2.93. The Morgan fingerprint density at radius 2 is 1.70 bits per heavy atom. The Morgan fingerprint density at radius 1 is 1.05 bits per heavy atom. The molecule has 196 valence electrons. The third-order valence-corrected chi connectivity index (χ3v) is 8.59. The summed E-state index contributed by atoms with van der Waals surface area (Å²) in [5.74, 6) is -0.296. The first-order valence-corrected chi connectivity index (χ1v) is 14.1. The quantitative estimate of drug-likeness (QED) is 0.427. The minimum atomic E-state index is -4.10. The van der Waals surface area contributed by atoms with Crippen molar-refractivity contribution >= 4 is 27.3 Å². The van der Waals surface area contributed by atoms with Gasteiger partial charge in [0.1, 0.15) is 12.4 Å². The van der Waals surface area contributed by atoms with E-state index in [1.807, 2.05) is 26.0 Å². The maximum absolute atomic E-state index is 13.4. The molecule has 0 bridgehead atoms. The molecule has 1 amide bonds. The maximum atomic E-state index is 13.4. The number of amides is 1. The second kappa shape index (κ2) is 11.3. The third kappa shape index (κ3) is 6.49. The lowest BCUT2D eigenvalue weighted by Crippen LogP contribution is -2.41. The van der Waals surface area contributed by atoms with Gasteiger partial charge < -0.3 is 10.2 Å².